The maximum Gasteiger partial charge on any atom is 0.243 e. The van der Waals surface area contributed by atoms with Crippen LogP contribution in [0.15, 0.2) is 29.2 Å². The van der Waals surface area contributed by atoms with Gasteiger partial charge in [-0.2, -0.15) is 4.31 Å². The number of rotatable bonds is 6. The Kier molecular flexibility index (Phi) is 7.49. The van der Waals surface area contributed by atoms with Crippen molar-refractivity contribution in [2.75, 3.05) is 38.0 Å². The highest BCUT2D eigenvalue weighted by Crippen LogP contribution is 2.22. The molecule has 1 aromatic rings. The second-order valence-corrected chi connectivity index (χ2v) is 10.3. The average Bonchev–Trinajstić information content (AvgIpc) is 2.98. The zero-order chi connectivity index (χ0) is 21.7. The lowest BCUT2D eigenvalue weighted by Gasteiger charge is -2.36. The highest BCUT2D eigenvalue weighted by Gasteiger charge is 2.33. The molecule has 0 bridgehead atoms. The van der Waals surface area contributed by atoms with Gasteiger partial charge in [-0.05, 0) is 43.0 Å². The van der Waals surface area contributed by atoms with Gasteiger partial charge in [-0.25, -0.2) is 8.42 Å². The molecule has 1 aromatic carbocycles. The van der Waals surface area contributed by atoms with Gasteiger partial charge in [0.2, 0.25) is 21.8 Å². The van der Waals surface area contributed by atoms with Gasteiger partial charge in [0.05, 0.1) is 17.5 Å². The number of nitrogens with zero attached hydrogens (tertiary/aromatic N) is 2. The summed E-state index contributed by atoms with van der Waals surface area (Å²) in [6.07, 6.45) is 3.90. The largest absolute Gasteiger partial charge is 0.353 e. The molecule has 2 heterocycles. The van der Waals surface area contributed by atoms with Crippen molar-refractivity contribution in [1.82, 2.24) is 14.5 Å². The Labute approximate surface area is 179 Å². The van der Waals surface area contributed by atoms with Crippen LogP contribution in [-0.4, -0.2) is 68.2 Å². The maximum absolute atomic E-state index is 12.9. The van der Waals surface area contributed by atoms with Gasteiger partial charge in [-0.1, -0.05) is 26.7 Å². The second kappa shape index (κ2) is 9.89. The third-order valence-corrected chi connectivity index (χ3v) is 7.59. The summed E-state index contributed by atoms with van der Waals surface area (Å²) in [5, 5.41) is 5.66. The third kappa shape index (κ3) is 5.39. The summed E-state index contributed by atoms with van der Waals surface area (Å²) in [6, 6.07) is 5.99. The number of amides is 2. The lowest BCUT2D eigenvalue weighted by Crippen LogP contribution is -2.58. The van der Waals surface area contributed by atoms with E-state index in [1.807, 2.05) is 18.7 Å². The predicted molar refractivity (Wildman–Crippen MR) is 116 cm³/mol. The van der Waals surface area contributed by atoms with Crippen LogP contribution in [0.5, 0.6) is 0 Å². The van der Waals surface area contributed by atoms with E-state index in [0.717, 1.165) is 25.7 Å². The van der Waals surface area contributed by atoms with Crippen molar-refractivity contribution in [2.24, 2.45) is 5.92 Å². The van der Waals surface area contributed by atoms with Gasteiger partial charge in [0, 0.05) is 31.9 Å². The quantitative estimate of drug-likeness (QED) is 0.706. The van der Waals surface area contributed by atoms with Crippen LogP contribution in [-0.2, 0) is 19.6 Å². The Morgan fingerprint density at radius 2 is 1.73 bits per heavy atom. The average molecular weight is 437 g/mol. The number of carbonyl (C=O) groups is 2. The lowest BCUT2D eigenvalue weighted by molar-refractivity contribution is -0.132. The van der Waals surface area contributed by atoms with E-state index in [-0.39, 0.29) is 35.2 Å². The van der Waals surface area contributed by atoms with E-state index in [4.69, 9.17) is 0 Å². The molecule has 0 saturated carbocycles. The standard InChI is InChI=1S/C21H32N4O4S/c1-16(2)20-21(27)22-11-14-24(20)15-19(26)23-17-7-9-18(10-8-17)30(28,29)25-12-5-3-4-6-13-25/h7-10,16,20H,3-6,11-15H2,1-2H3,(H,22,27)(H,23,26). The summed E-state index contributed by atoms with van der Waals surface area (Å²) in [4.78, 5) is 26.8. The first kappa shape index (κ1) is 22.7. The molecule has 30 heavy (non-hydrogen) atoms. The van der Waals surface area contributed by atoms with E-state index in [1.54, 1.807) is 28.6 Å². The zero-order valence-corrected chi connectivity index (χ0v) is 18.6. The topological polar surface area (TPSA) is 98.8 Å². The van der Waals surface area contributed by atoms with E-state index in [0.29, 0.717) is 31.9 Å². The van der Waals surface area contributed by atoms with Gasteiger partial charge >= 0.3 is 0 Å². The number of sulfonamides is 1. The zero-order valence-electron chi connectivity index (χ0n) is 17.8. The van der Waals surface area contributed by atoms with Crippen LogP contribution in [0.4, 0.5) is 5.69 Å². The molecule has 0 radical (unpaired) electrons. The third-order valence-electron chi connectivity index (χ3n) is 5.68. The van der Waals surface area contributed by atoms with Crippen LogP contribution >= 0.6 is 0 Å². The minimum atomic E-state index is -3.51. The number of hydrogen-bond donors (Lipinski definition) is 2. The van der Waals surface area contributed by atoms with Crippen LogP contribution in [0.2, 0.25) is 0 Å². The first-order valence-electron chi connectivity index (χ1n) is 10.7. The van der Waals surface area contributed by atoms with Crippen LogP contribution in [0, 0.1) is 5.92 Å². The smallest absolute Gasteiger partial charge is 0.243 e. The molecule has 2 N–H and O–H groups in total. The highest BCUT2D eigenvalue weighted by molar-refractivity contribution is 7.89. The molecule has 0 spiro atoms. The molecule has 0 aliphatic carbocycles. The van der Waals surface area contributed by atoms with Gasteiger partial charge in [0.15, 0.2) is 0 Å². The monoisotopic (exact) mass is 436 g/mol. The van der Waals surface area contributed by atoms with Crippen molar-refractivity contribution < 1.29 is 18.0 Å². The van der Waals surface area contributed by atoms with E-state index in [1.165, 1.54) is 0 Å². The first-order valence-corrected chi connectivity index (χ1v) is 12.1. The Bertz CT molecular complexity index is 846. The van der Waals surface area contributed by atoms with Gasteiger partial charge in [-0.15, -0.1) is 0 Å². The molecule has 166 valence electrons. The highest BCUT2D eigenvalue weighted by atomic mass is 32.2. The molecule has 1 atom stereocenters. The number of anilines is 1. The lowest BCUT2D eigenvalue weighted by atomic mass is 10.00. The number of benzene rings is 1. The fourth-order valence-electron chi connectivity index (χ4n) is 4.16. The van der Waals surface area contributed by atoms with E-state index >= 15 is 0 Å². The predicted octanol–water partition coefficient (Wildman–Crippen LogP) is 1.65. The van der Waals surface area contributed by atoms with Gasteiger partial charge in [0.25, 0.3) is 0 Å². The second-order valence-electron chi connectivity index (χ2n) is 8.34. The molecular weight excluding hydrogens is 404 g/mol. The van der Waals surface area contributed by atoms with E-state index < -0.39 is 10.0 Å². The normalized spacial score (nSPS) is 21.8. The van der Waals surface area contributed by atoms with Crippen LogP contribution in [0.1, 0.15) is 39.5 Å². The van der Waals surface area contributed by atoms with Crippen LogP contribution < -0.4 is 10.6 Å². The molecule has 2 amide bonds. The fourth-order valence-corrected chi connectivity index (χ4v) is 5.68. The SMILES string of the molecule is CC(C)C1C(=O)NCCN1CC(=O)Nc1ccc(S(=O)(=O)N2CCCCCC2)cc1. The number of piperazine rings is 1. The van der Waals surface area contributed by atoms with Crippen molar-refractivity contribution in [3.05, 3.63) is 24.3 Å². The summed E-state index contributed by atoms with van der Waals surface area (Å²) in [6.45, 7) is 6.30. The summed E-state index contributed by atoms with van der Waals surface area (Å²) in [5.41, 5.74) is 0.539. The van der Waals surface area contributed by atoms with E-state index in [2.05, 4.69) is 10.6 Å². The Morgan fingerprint density at radius 3 is 2.33 bits per heavy atom. The molecule has 8 nitrogen and oxygen atoms in total. The number of nitrogens with one attached hydrogen (secondary N) is 2. The summed E-state index contributed by atoms with van der Waals surface area (Å²) in [5.74, 6) is -0.174. The van der Waals surface area contributed by atoms with Crippen molar-refractivity contribution in [3.8, 4) is 0 Å². The van der Waals surface area contributed by atoms with Crippen LogP contribution in [0.25, 0.3) is 0 Å². The number of carbonyl (C=O) groups excluding carboxylic acids is 2. The fraction of sp³-hybridized carbons (Fsp3) is 0.619. The first-order chi connectivity index (χ1) is 14.3. The maximum atomic E-state index is 12.9. The molecule has 9 heteroatoms. The molecule has 2 aliphatic heterocycles. The Hall–Kier alpha value is -1.97. The Balaban J connectivity index is 1.62. The Morgan fingerprint density at radius 1 is 1.10 bits per heavy atom. The summed E-state index contributed by atoms with van der Waals surface area (Å²) in [7, 11) is -3.51. The van der Waals surface area contributed by atoms with Crippen molar-refractivity contribution in [3.63, 3.8) is 0 Å². The summed E-state index contributed by atoms with van der Waals surface area (Å²) >= 11 is 0. The van der Waals surface area contributed by atoms with Gasteiger partial charge < -0.3 is 10.6 Å². The summed E-state index contributed by atoms with van der Waals surface area (Å²) < 4.78 is 27.3. The molecule has 1 unspecified atom stereocenters. The molecule has 2 saturated heterocycles. The van der Waals surface area contributed by atoms with Gasteiger partial charge in [-0.3, -0.25) is 14.5 Å². The molecular formula is C21H32N4O4S. The minimum absolute atomic E-state index is 0.0490. The minimum Gasteiger partial charge on any atom is -0.353 e. The van der Waals surface area contributed by atoms with Crippen molar-refractivity contribution in [1.29, 1.82) is 0 Å². The van der Waals surface area contributed by atoms with Gasteiger partial charge in [0.1, 0.15) is 0 Å². The van der Waals surface area contributed by atoms with Crippen molar-refractivity contribution >= 4 is 27.5 Å². The molecule has 2 fully saturated rings. The van der Waals surface area contributed by atoms with Crippen molar-refractivity contribution in [2.45, 2.75) is 50.5 Å². The molecule has 0 aromatic heterocycles. The molecule has 2 aliphatic rings. The number of hydrogen-bond acceptors (Lipinski definition) is 5. The van der Waals surface area contributed by atoms with Crippen LogP contribution in [0.3, 0.4) is 0 Å². The molecule has 3 rings (SSSR count). The van der Waals surface area contributed by atoms with E-state index in [9.17, 15) is 18.0 Å².